The number of fused-ring (bicyclic) bond motifs is 1. The van der Waals surface area contributed by atoms with Gasteiger partial charge in [0, 0.05) is 6.54 Å². The smallest absolute Gasteiger partial charge is 0.341 e. The summed E-state index contributed by atoms with van der Waals surface area (Å²) in [6.07, 6.45) is 3.81. The molecule has 0 unspecified atom stereocenters. The van der Waals surface area contributed by atoms with Crippen LogP contribution in [0.25, 0.3) is 0 Å². The molecule has 2 N–H and O–H groups in total. The van der Waals surface area contributed by atoms with E-state index in [1.165, 1.54) is 17.5 Å². The topological polar surface area (TPSA) is 75.6 Å². The first-order chi connectivity index (χ1) is 12.1. The quantitative estimate of drug-likeness (QED) is 0.813. The highest BCUT2D eigenvalue weighted by atomic mass is 16.5. The molecule has 2 aromatic rings. The molecule has 3 rings (SSSR count). The van der Waals surface area contributed by atoms with Crippen molar-refractivity contribution in [3.63, 3.8) is 0 Å². The monoisotopic (exact) mass is 339 g/mol. The van der Waals surface area contributed by atoms with E-state index in [4.69, 9.17) is 9.84 Å². The summed E-state index contributed by atoms with van der Waals surface area (Å²) in [6.45, 7) is 0.00217. The maximum atomic E-state index is 12.2. The van der Waals surface area contributed by atoms with Crippen LogP contribution in [0.4, 0.5) is 0 Å². The van der Waals surface area contributed by atoms with Crippen molar-refractivity contribution in [2.75, 3.05) is 6.61 Å². The largest absolute Gasteiger partial charge is 0.482 e. The Morgan fingerprint density at radius 2 is 1.88 bits per heavy atom. The Morgan fingerprint density at radius 1 is 1.04 bits per heavy atom. The van der Waals surface area contributed by atoms with E-state index in [0.717, 1.165) is 24.0 Å². The molecule has 2 aromatic carbocycles. The molecule has 0 radical (unpaired) electrons. The Bertz CT molecular complexity index is 785. The van der Waals surface area contributed by atoms with Crippen molar-refractivity contribution in [1.82, 2.24) is 5.32 Å². The van der Waals surface area contributed by atoms with Gasteiger partial charge >= 0.3 is 5.97 Å². The molecule has 5 nitrogen and oxygen atoms in total. The molecule has 5 heteroatoms. The minimum Gasteiger partial charge on any atom is -0.482 e. The highest BCUT2D eigenvalue weighted by Crippen LogP contribution is 2.23. The highest BCUT2D eigenvalue weighted by molar-refractivity contribution is 5.78. The van der Waals surface area contributed by atoms with Gasteiger partial charge in [-0.25, -0.2) is 4.79 Å². The van der Waals surface area contributed by atoms with Gasteiger partial charge in [0.15, 0.2) is 6.61 Å². The van der Waals surface area contributed by atoms with Gasteiger partial charge in [-0.2, -0.15) is 0 Å². The van der Waals surface area contributed by atoms with Crippen LogP contribution in [-0.4, -0.2) is 23.6 Å². The Morgan fingerprint density at radius 3 is 2.72 bits per heavy atom. The number of carboxylic acid groups (broad SMARTS) is 1. The number of carboxylic acids is 1. The molecule has 0 spiro atoms. The van der Waals surface area contributed by atoms with Crippen LogP contribution in [0, 0.1) is 0 Å². The van der Waals surface area contributed by atoms with Gasteiger partial charge < -0.3 is 15.2 Å². The number of rotatable bonds is 7. The standard InChI is InChI=1S/C20H21NO4/c22-19(11-14-7-8-16-4-2-5-17(16)9-14)21-12-15-3-1-6-18(10-15)25-13-20(23)24/h1,3,6-10H,2,4-5,11-13H2,(H,21,22)(H,23,24). The first-order valence-corrected chi connectivity index (χ1v) is 8.41. The maximum absolute atomic E-state index is 12.2. The lowest BCUT2D eigenvalue weighted by Gasteiger charge is -2.09. The number of aryl methyl sites for hydroxylation is 2. The van der Waals surface area contributed by atoms with E-state index in [2.05, 4.69) is 17.4 Å². The minimum atomic E-state index is -1.02. The first-order valence-electron chi connectivity index (χ1n) is 8.41. The molecule has 0 aliphatic heterocycles. The SMILES string of the molecule is O=C(O)COc1cccc(CNC(=O)Cc2ccc3c(c2)CCC3)c1. The molecule has 1 aliphatic rings. The van der Waals surface area contributed by atoms with Gasteiger partial charge in [0.25, 0.3) is 0 Å². The molecule has 0 bridgehead atoms. The van der Waals surface area contributed by atoms with E-state index in [1.54, 1.807) is 18.2 Å². The van der Waals surface area contributed by atoms with Gasteiger partial charge in [0.2, 0.25) is 5.91 Å². The number of ether oxygens (including phenoxy) is 1. The van der Waals surface area contributed by atoms with Crippen LogP contribution in [-0.2, 0) is 35.4 Å². The van der Waals surface area contributed by atoms with Crippen molar-refractivity contribution in [3.8, 4) is 5.75 Å². The van der Waals surface area contributed by atoms with Crippen molar-refractivity contribution in [2.24, 2.45) is 0 Å². The molecule has 0 atom stereocenters. The summed E-state index contributed by atoms with van der Waals surface area (Å²) in [5, 5.41) is 11.5. The van der Waals surface area contributed by atoms with E-state index in [-0.39, 0.29) is 12.5 Å². The second-order valence-corrected chi connectivity index (χ2v) is 6.24. The van der Waals surface area contributed by atoms with E-state index < -0.39 is 5.97 Å². The van der Waals surface area contributed by atoms with Crippen molar-refractivity contribution in [2.45, 2.75) is 32.2 Å². The zero-order valence-electron chi connectivity index (χ0n) is 14.0. The molecule has 130 valence electrons. The third-order valence-corrected chi connectivity index (χ3v) is 4.28. The summed E-state index contributed by atoms with van der Waals surface area (Å²) < 4.78 is 5.14. The average molecular weight is 339 g/mol. The molecule has 0 saturated carbocycles. The van der Waals surface area contributed by atoms with Gasteiger partial charge in [-0.1, -0.05) is 30.3 Å². The fraction of sp³-hybridized carbons (Fsp3) is 0.300. The molecule has 25 heavy (non-hydrogen) atoms. The fourth-order valence-electron chi connectivity index (χ4n) is 3.07. The van der Waals surface area contributed by atoms with Crippen molar-refractivity contribution >= 4 is 11.9 Å². The first kappa shape index (κ1) is 17.0. The third kappa shape index (κ3) is 4.83. The predicted octanol–water partition coefficient (Wildman–Crippen LogP) is 2.50. The number of aliphatic carboxylic acids is 1. The molecule has 1 aliphatic carbocycles. The van der Waals surface area contributed by atoms with Crippen LogP contribution < -0.4 is 10.1 Å². The zero-order valence-corrected chi connectivity index (χ0v) is 14.0. The number of hydrogen-bond acceptors (Lipinski definition) is 3. The van der Waals surface area contributed by atoms with Crippen molar-refractivity contribution in [1.29, 1.82) is 0 Å². The molecule has 0 aromatic heterocycles. The Labute approximate surface area is 146 Å². The lowest BCUT2D eigenvalue weighted by atomic mass is 10.0. The van der Waals surface area contributed by atoms with Crippen LogP contribution >= 0.6 is 0 Å². The molecule has 1 amide bonds. The second kappa shape index (κ2) is 7.83. The van der Waals surface area contributed by atoms with Gasteiger partial charge in [-0.05, 0) is 53.6 Å². The molecule has 0 fully saturated rings. The van der Waals surface area contributed by atoms with Crippen molar-refractivity contribution in [3.05, 3.63) is 64.7 Å². The Kier molecular flexibility index (Phi) is 5.33. The lowest BCUT2D eigenvalue weighted by molar-refractivity contribution is -0.139. The third-order valence-electron chi connectivity index (χ3n) is 4.28. The molecule has 0 heterocycles. The number of benzene rings is 2. The number of carbonyl (C=O) groups is 2. The van der Waals surface area contributed by atoms with Crippen LogP contribution in [0.2, 0.25) is 0 Å². The summed E-state index contributed by atoms with van der Waals surface area (Å²) in [5.74, 6) is -0.573. The minimum absolute atomic E-state index is 0.0326. The summed E-state index contributed by atoms with van der Waals surface area (Å²) in [6, 6.07) is 13.4. The number of hydrogen-bond donors (Lipinski definition) is 2. The summed E-state index contributed by atoms with van der Waals surface area (Å²) in [4.78, 5) is 22.7. The maximum Gasteiger partial charge on any atom is 0.341 e. The molecular weight excluding hydrogens is 318 g/mol. The lowest BCUT2D eigenvalue weighted by Crippen LogP contribution is -2.24. The van der Waals surface area contributed by atoms with E-state index in [9.17, 15) is 9.59 Å². The van der Waals surface area contributed by atoms with E-state index in [1.807, 2.05) is 12.1 Å². The predicted molar refractivity (Wildman–Crippen MR) is 93.6 cm³/mol. The molecule has 0 saturated heterocycles. The van der Waals surface area contributed by atoms with Gasteiger partial charge in [0.05, 0.1) is 6.42 Å². The van der Waals surface area contributed by atoms with Crippen LogP contribution in [0.1, 0.15) is 28.7 Å². The van der Waals surface area contributed by atoms with Gasteiger partial charge in [-0.3, -0.25) is 4.79 Å². The fourth-order valence-corrected chi connectivity index (χ4v) is 3.07. The number of amides is 1. The summed E-state index contributed by atoms with van der Waals surface area (Å²) >= 11 is 0. The van der Waals surface area contributed by atoms with E-state index >= 15 is 0 Å². The summed E-state index contributed by atoms with van der Waals surface area (Å²) in [7, 11) is 0. The van der Waals surface area contributed by atoms with Gasteiger partial charge in [-0.15, -0.1) is 0 Å². The normalized spacial score (nSPS) is 12.5. The van der Waals surface area contributed by atoms with Crippen LogP contribution in [0.15, 0.2) is 42.5 Å². The van der Waals surface area contributed by atoms with Crippen molar-refractivity contribution < 1.29 is 19.4 Å². The Balaban J connectivity index is 1.52. The Hall–Kier alpha value is -2.82. The number of nitrogens with one attached hydrogen (secondary N) is 1. The number of carbonyl (C=O) groups excluding carboxylic acids is 1. The highest BCUT2D eigenvalue weighted by Gasteiger charge is 2.12. The van der Waals surface area contributed by atoms with E-state index in [0.29, 0.717) is 18.7 Å². The van der Waals surface area contributed by atoms with Gasteiger partial charge in [0.1, 0.15) is 5.75 Å². The average Bonchev–Trinajstić information content (AvgIpc) is 3.06. The van der Waals surface area contributed by atoms with Crippen LogP contribution in [0.3, 0.4) is 0 Å². The summed E-state index contributed by atoms with van der Waals surface area (Å²) in [5.41, 5.74) is 4.68. The zero-order chi connectivity index (χ0) is 17.6. The van der Waals surface area contributed by atoms with Crippen LogP contribution in [0.5, 0.6) is 5.75 Å². The second-order valence-electron chi connectivity index (χ2n) is 6.24. The molecular formula is C20H21NO4.